The molecule has 198 valence electrons. The second-order valence-electron chi connectivity index (χ2n) is 8.58. The summed E-state index contributed by atoms with van der Waals surface area (Å²) < 4.78 is 25.9. The third-order valence-corrected chi connectivity index (χ3v) is 7.30. The maximum Gasteiger partial charge on any atom is 0.414 e. The van der Waals surface area contributed by atoms with Gasteiger partial charge in [0.05, 0.1) is 34.6 Å². The molecule has 9 nitrogen and oxygen atoms in total. The quantitative estimate of drug-likeness (QED) is 0.438. The Labute approximate surface area is 226 Å². The van der Waals surface area contributed by atoms with Crippen LogP contribution in [-0.4, -0.2) is 73.0 Å². The summed E-state index contributed by atoms with van der Waals surface area (Å²) in [6.07, 6.45) is -1.32. The molecule has 1 aromatic heterocycles. The van der Waals surface area contributed by atoms with Gasteiger partial charge in [-0.15, -0.1) is 22.9 Å². The Hall–Kier alpha value is -2.73. The first-order valence-corrected chi connectivity index (χ1v) is 13.2. The highest BCUT2D eigenvalue weighted by molar-refractivity contribution is 7.18. The van der Waals surface area contributed by atoms with Crippen LogP contribution in [0.2, 0.25) is 4.34 Å². The van der Waals surface area contributed by atoms with Crippen molar-refractivity contribution in [2.75, 3.05) is 42.6 Å². The molecular formula is C24H24Cl2FN3O6S. The van der Waals surface area contributed by atoms with E-state index in [9.17, 15) is 19.2 Å². The van der Waals surface area contributed by atoms with Crippen LogP contribution in [0.4, 0.5) is 20.6 Å². The molecule has 2 aromatic rings. The molecule has 1 unspecified atom stereocenters. The summed E-state index contributed by atoms with van der Waals surface area (Å²) in [5, 5.41) is -0.268. The Kier molecular flexibility index (Phi) is 8.68. The molecule has 2 aliphatic rings. The monoisotopic (exact) mass is 571 g/mol. The van der Waals surface area contributed by atoms with Gasteiger partial charge in [-0.25, -0.2) is 9.18 Å². The van der Waals surface area contributed by atoms with Gasteiger partial charge in [-0.05, 0) is 43.7 Å². The molecule has 0 bridgehead atoms. The fourth-order valence-corrected chi connectivity index (χ4v) is 5.11. The van der Waals surface area contributed by atoms with E-state index in [1.807, 2.05) is 0 Å². The molecule has 0 N–H and O–H groups in total. The average molecular weight is 572 g/mol. The number of hydrogen-bond donors (Lipinski definition) is 0. The molecule has 4 amide bonds. The summed E-state index contributed by atoms with van der Waals surface area (Å²) in [6, 6.07) is 7.17. The largest absolute Gasteiger partial charge is 0.442 e. The van der Waals surface area contributed by atoms with Gasteiger partial charge in [0.1, 0.15) is 18.5 Å². The zero-order valence-electron chi connectivity index (χ0n) is 19.8. The molecule has 2 aliphatic heterocycles. The van der Waals surface area contributed by atoms with Gasteiger partial charge in [-0.1, -0.05) is 11.6 Å². The molecule has 0 aliphatic carbocycles. The SMILES string of the molecule is CC(Cl)CCC(=O)N(C[C@H]1CN(c2ccc(N3CCOCC3=O)cc2F)C(=O)O1)C(=O)c1ccc(Cl)s1. The van der Waals surface area contributed by atoms with Crippen molar-refractivity contribution in [3.63, 3.8) is 0 Å². The fraction of sp³-hybridized carbons (Fsp3) is 0.417. The lowest BCUT2D eigenvalue weighted by Gasteiger charge is -2.27. The Balaban J connectivity index is 1.49. The number of rotatable bonds is 8. The number of amides is 4. The Morgan fingerprint density at radius 2 is 2.03 bits per heavy atom. The smallest absolute Gasteiger partial charge is 0.414 e. The van der Waals surface area contributed by atoms with Crippen LogP contribution in [0.25, 0.3) is 0 Å². The average Bonchev–Trinajstić information content (AvgIpc) is 3.46. The van der Waals surface area contributed by atoms with Crippen LogP contribution in [0, 0.1) is 5.82 Å². The molecule has 4 rings (SSSR count). The van der Waals surface area contributed by atoms with Gasteiger partial charge in [-0.2, -0.15) is 0 Å². The molecular weight excluding hydrogens is 548 g/mol. The predicted molar refractivity (Wildman–Crippen MR) is 137 cm³/mol. The number of thiophene rings is 1. The topological polar surface area (TPSA) is 96.5 Å². The number of cyclic esters (lactones) is 1. The lowest BCUT2D eigenvalue weighted by atomic mass is 10.2. The van der Waals surface area contributed by atoms with Crippen LogP contribution in [0.3, 0.4) is 0 Å². The van der Waals surface area contributed by atoms with Gasteiger partial charge in [0.2, 0.25) is 5.91 Å². The van der Waals surface area contributed by atoms with Crippen molar-refractivity contribution in [1.29, 1.82) is 0 Å². The second-order valence-corrected chi connectivity index (χ2v) is 11.0. The number of alkyl halides is 1. The number of carbonyl (C=O) groups excluding carboxylic acids is 4. The third kappa shape index (κ3) is 6.40. The van der Waals surface area contributed by atoms with Crippen LogP contribution in [0.15, 0.2) is 30.3 Å². The van der Waals surface area contributed by atoms with Crippen LogP contribution in [0.1, 0.15) is 29.4 Å². The number of nitrogens with zero attached hydrogens (tertiary/aromatic N) is 3. The third-order valence-electron chi connectivity index (χ3n) is 5.87. The highest BCUT2D eigenvalue weighted by Crippen LogP contribution is 2.30. The highest BCUT2D eigenvalue weighted by Gasteiger charge is 2.38. The molecule has 1 aromatic carbocycles. The van der Waals surface area contributed by atoms with E-state index in [0.29, 0.717) is 29.6 Å². The van der Waals surface area contributed by atoms with Crippen LogP contribution < -0.4 is 9.80 Å². The Morgan fingerprint density at radius 1 is 1.24 bits per heavy atom. The van der Waals surface area contributed by atoms with E-state index in [1.54, 1.807) is 13.0 Å². The van der Waals surface area contributed by atoms with Crippen molar-refractivity contribution in [1.82, 2.24) is 4.90 Å². The minimum absolute atomic E-state index is 0.0241. The van der Waals surface area contributed by atoms with Crippen LogP contribution in [0.5, 0.6) is 0 Å². The number of anilines is 2. The molecule has 0 saturated carbocycles. The summed E-state index contributed by atoms with van der Waals surface area (Å²) in [5.41, 5.74) is 0.311. The van der Waals surface area contributed by atoms with Crippen LogP contribution >= 0.6 is 34.5 Å². The number of imide groups is 1. The Bertz CT molecular complexity index is 1210. The summed E-state index contributed by atoms with van der Waals surface area (Å²) in [4.78, 5) is 54.5. The van der Waals surface area contributed by atoms with Crippen molar-refractivity contribution >= 4 is 69.7 Å². The van der Waals surface area contributed by atoms with Gasteiger partial charge in [0.25, 0.3) is 11.8 Å². The van der Waals surface area contributed by atoms with E-state index in [-0.39, 0.29) is 48.0 Å². The van der Waals surface area contributed by atoms with Gasteiger partial charge in [-0.3, -0.25) is 24.2 Å². The first-order chi connectivity index (χ1) is 17.6. The molecule has 2 atom stereocenters. The van der Waals surface area contributed by atoms with Crippen LogP contribution in [-0.2, 0) is 19.1 Å². The van der Waals surface area contributed by atoms with E-state index in [2.05, 4.69) is 0 Å². The molecule has 37 heavy (non-hydrogen) atoms. The van der Waals surface area contributed by atoms with E-state index < -0.39 is 29.8 Å². The maximum atomic E-state index is 15.0. The zero-order chi connectivity index (χ0) is 26.7. The molecule has 13 heteroatoms. The molecule has 3 heterocycles. The standard InChI is InChI=1S/C24H24Cl2FN3O6S/c1-14(25)2-7-21(31)30(23(33)19-5-6-20(26)37-19)12-16-11-29(24(34)36-16)18-4-3-15(10-17(18)27)28-8-9-35-13-22(28)32/h3-6,10,14,16H,2,7-9,11-13H2,1H3/t14?,16-/m1/s1. The van der Waals surface area contributed by atoms with Crippen molar-refractivity contribution in [3.8, 4) is 0 Å². The first kappa shape index (κ1) is 27.3. The van der Waals surface area contributed by atoms with Gasteiger partial charge in [0, 0.05) is 24.0 Å². The van der Waals surface area contributed by atoms with Gasteiger partial charge >= 0.3 is 6.09 Å². The predicted octanol–water partition coefficient (Wildman–Crippen LogP) is 4.31. The number of carbonyl (C=O) groups is 4. The highest BCUT2D eigenvalue weighted by atomic mass is 35.5. The number of benzene rings is 1. The normalized spacial score (nSPS) is 18.6. The van der Waals surface area contributed by atoms with Crippen molar-refractivity contribution in [2.45, 2.75) is 31.2 Å². The summed E-state index contributed by atoms with van der Waals surface area (Å²) in [5.74, 6) is -2.04. The summed E-state index contributed by atoms with van der Waals surface area (Å²) >= 11 is 13.0. The van der Waals surface area contributed by atoms with E-state index in [4.69, 9.17) is 32.7 Å². The lowest BCUT2D eigenvalue weighted by Crippen LogP contribution is -2.43. The Morgan fingerprint density at radius 3 is 2.68 bits per heavy atom. The van der Waals surface area contributed by atoms with Crippen molar-refractivity contribution in [3.05, 3.63) is 45.4 Å². The van der Waals surface area contributed by atoms with Gasteiger partial charge in [0.15, 0.2) is 0 Å². The number of halogens is 3. The van der Waals surface area contributed by atoms with E-state index in [1.165, 1.54) is 29.2 Å². The number of hydrogen-bond acceptors (Lipinski definition) is 7. The van der Waals surface area contributed by atoms with Crippen molar-refractivity contribution < 1.29 is 33.0 Å². The summed E-state index contributed by atoms with van der Waals surface area (Å²) in [6.45, 7) is 1.99. The fourth-order valence-electron chi connectivity index (χ4n) is 4.01. The summed E-state index contributed by atoms with van der Waals surface area (Å²) in [7, 11) is 0. The molecule has 2 saturated heterocycles. The molecule has 2 fully saturated rings. The zero-order valence-corrected chi connectivity index (χ0v) is 22.2. The van der Waals surface area contributed by atoms with Crippen molar-refractivity contribution in [2.24, 2.45) is 0 Å². The second kappa shape index (κ2) is 11.8. The van der Waals surface area contributed by atoms with E-state index in [0.717, 1.165) is 21.1 Å². The number of ether oxygens (including phenoxy) is 2. The minimum atomic E-state index is -0.885. The minimum Gasteiger partial charge on any atom is -0.442 e. The lowest BCUT2D eigenvalue weighted by molar-refractivity contribution is -0.129. The van der Waals surface area contributed by atoms with Gasteiger partial charge < -0.3 is 14.4 Å². The molecule has 0 radical (unpaired) electrons. The molecule has 0 spiro atoms. The number of morpholine rings is 1. The maximum absolute atomic E-state index is 15.0. The first-order valence-electron chi connectivity index (χ1n) is 11.5. The van der Waals surface area contributed by atoms with E-state index >= 15 is 4.39 Å².